The summed E-state index contributed by atoms with van der Waals surface area (Å²) in [4.78, 5) is 0. The van der Waals surface area contributed by atoms with Crippen molar-refractivity contribution in [3.63, 3.8) is 0 Å². The fourth-order valence-electron chi connectivity index (χ4n) is 2.66. The maximum Gasteiger partial charge on any atom is 0.207 e. The van der Waals surface area contributed by atoms with Gasteiger partial charge in [0.1, 0.15) is 0 Å². The van der Waals surface area contributed by atoms with Gasteiger partial charge in [-0.15, -0.1) is 0 Å². The third-order valence-corrected chi connectivity index (χ3v) is 3.90. The Morgan fingerprint density at radius 1 is 0.889 bits per heavy atom. The van der Waals surface area contributed by atoms with Gasteiger partial charge >= 0.3 is 0 Å². The minimum Gasteiger partial charge on any atom is -0.0843 e. The predicted octanol–water partition coefficient (Wildman–Crippen LogP) is 3.37. The van der Waals surface area contributed by atoms with Crippen LogP contribution in [-0.2, 0) is 0 Å². The van der Waals surface area contributed by atoms with Crippen molar-refractivity contribution in [3.8, 4) is 0 Å². The van der Waals surface area contributed by atoms with Crippen molar-refractivity contribution in [1.82, 2.24) is 0 Å². The number of aryl methyl sites for hydroxylation is 1. The van der Waals surface area contributed by atoms with Gasteiger partial charge in [0.25, 0.3) is 0 Å². The number of benzene rings is 2. The molecule has 3 rings (SSSR count). The minimum absolute atomic E-state index is 0.405. The molecule has 2 aromatic carbocycles. The van der Waals surface area contributed by atoms with Crippen molar-refractivity contribution in [1.29, 1.82) is 0 Å². The van der Waals surface area contributed by atoms with E-state index < -0.39 is 0 Å². The van der Waals surface area contributed by atoms with E-state index in [0.29, 0.717) is 6.71 Å². The summed E-state index contributed by atoms with van der Waals surface area (Å²) >= 11 is 6.08. The van der Waals surface area contributed by atoms with Crippen LogP contribution in [0.3, 0.4) is 0 Å². The fraction of sp³-hybridized carbons (Fsp3) is 0.125. The Kier molecular flexibility index (Phi) is 2.79. The van der Waals surface area contributed by atoms with Crippen LogP contribution in [0.25, 0.3) is 12.2 Å². The van der Waals surface area contributed by atoms with Crippen LogP contribution in [0.4, 0.5) is 0 Å². The van der Waals surface area contributed by atoms with E-state index in [2.05, 4.69) is 50.2 Å². The van der Waals surface area contributed by atoms with Crippen LogP contribution < -0.4 is 10.9 Å². The lowest BCUT2D eigenvalue weighted by Gasteiger charge is -2.13. The Morgan fingerprint density at radius 2 is 1.50 bits per heavy atom. The van der Waals surface area contributed by atoms with Gasteiger partial charge in [-0.25, -0.2) is 0 Å². The summed E-state index contributed by atoms with van der Waals surface area (Å²) in [6.45, 7) is 4.80. The molecule has 1 heterocycles. The first-order valence-electron chi connectivity index (χ1n) is 6.23. The molecule has 0 radical (unpaired) electrons. The van der Waals surface area contributed by atoms with Gasteiger partial charge in [0, 0.05) is 5.02 Å². The number of halogens is 1. The summed E-state index contributed by atoms with van der Waals surface area (Å²) < 4.78 is 0. The normalized spacial score (nSPS) is 12.9. The van der Waals surface area contributed by atoms with E-state index in [1.807, 2.05) is 12.1 Å². The summed E-state index contributed by atoms with van der Waals surface area (Å²) in [5.41, 5.74) is 6.57. The zero-order valence-corrected chi connectivity index (χ0v) is 11.3. The van der Waals surface area contributed by atoms with Gasteiger partial charge in [-0.1, -0.05) is 71.3 Å². The standard InChI is InChI=1S/C16H14BCl/c1-11-3-7-15-12(9-11)4-5-13-10-14(18)6-8-16(13)17(15)2/h3-10H,1-2H3. The fourth-order valence-corrected chi connectivity index (χ4v) is 2.84. The molecular formula is C16H14BCl. The first-order chi connectivity index (χ1) is 8.65. The Morgan fingerprint density at radius 3 is 2.22 bits per heavy atom. The van der Waals surface area contributed by atoms with E-state index in [1.54, 1.807) is 0 Å². The van der Waals surface area contributed by atoms with Crippen molar-refractivity contribution in [2.75, 3.05) is 0 Å². The summed E-state index contributed by atoms with van der Waals surface area (Å²) in [5, 5.41) is 0.799. The molecule has 0 aliphatic carbocycles. The third kappa shape index (κ3) is 1.89. The molecule has 88 valence electrons. The van der Waals surface area contributed by atoms with Crippen LogP contribution in [0.1, 0.15) is 16.7 Å². The van der Waals surface area contributed by atoms with Gasteiger partial charge in [-0.2, -0.15) is 0 Å². The van der Waals surface area contributed by atoms with Gasteiger partial charge in [0.15, 0.2) is 0 Å². The highest BCUT2D eigenvalue weighted by molar-refractivity contribution is 6.85. The second kappa shape index (κ2) is 4.33. The zero-order valence-electron chi connectivity index (χ0n) is 10.6. The van der Waals surface area contributed by atoms with E-state index in [4.69, 9.17) is 11.6 Å². The van der Waals surface area contributed by atoms with E-state index in [9.17, 15) is 0 Å². The maximum absolute atomic E-state index is 6.08. The smallest absolute Gasteiger partial charge is 0.0843 e. The van der Waals surface area contributed by atoms with Gasteiger partial charge in [0.05, 0.1) is 0 Å². The Hall–Kier alpha value is -1.47. The molecule has 0 saturated heterocycles. The minimum atomic E-state index is 0.405. The molecule has 0 aromatic heterocycles. The summed E-state index contributed by atoms with van der Waals surface area (Å²) in [5.74, 6) is 0. The summed E-state index contributed by atoms with van der Waals surface area (Å²) in [6, 6.07) is 12.8. The second-order valence-corrected chi connectivity index (χ2v) is 5.40. The van der Waals surface area contributed by atoms with Crippen molar-refractivity contribution in [2.24, 2.45) is 0 Å². The van der Waals surface area contributed by atoms with Crippen LogP contribution >= 0.6 is 11.6 Å². The Bertz CT molecular complexity index is 588. The highest BCUT2D eigenvalue weighted by Crippen LogP contribution is 2.17. The van der Waals surface area contributed by atoms with Crippen molar-refractivity contribution in [2.45, 2.75) is 13.7 Å². The summed E-state index contributed by atoms with van der Waals surface area (Å²) in [6.07, 6.45) is 4.37. The van der Waals surface area contributed by atoms with Crippen LogP contribution in [-0.4, -0.2) is 6.71 Å². The monoisotopic (exact) mass is 252 g/mol. The summed E-state index contributed by atoms with van der Waals surface area (Å²) in [7, 11) is 0. The average Bonchev–Trinajstić information content (AvgIpc) is 2.47. The van der Waals surface area contributed by atoms with Gasteiger partial charge in [-0.05, 0) is 30.2 Å². The number of hydrogen-bond donors (Lipinski definition) is 0. The topological polar surface area (TPSA) is 0 Å². The van der Waals surface area contributed by atoms with Crippen molar-refractivity contribution in [3.05, 3.63) is 58.1 Å². The first-order valence-corrected chi connectivity index (χ1v) is 6.61. The molecule has 1 aliphatic rings. The Labute approximate surface area is 113 Å². The van der Waals surface area contributed by atoms with Crippen LogP contribution in [0, 0.1) is 6.92 Å². The second-order valence-electron chi connectivity index (χ2n) is 4.96. The van der Waals surface area contributed by atoms with Crippen LogP contribution in [0.15, 0.2) is 36.4 Å². The molecule has 0 fully saturated rings. The molecule has 0 nitrogen and oxygen atoms in total. The molecular weight excluding hydrogens is 238 g/mol. The van der Waals surface area contributed by atoms with Gasteiger partial charge < -0.3 is 0 Å². The molecule has 0 bridgehead atoms. The van der Waals surface area contributed by atoms with E-state index >= 15 is 0 Å². The number of rotatable bonds is 0. The third-order valence-electron chi connectivity index (χ3n) is 3.67. The van der Waals surface area contributed by atoms with E-state index in [1.165, 1.54) is 27.6 Å². The first kappa shape index (κ1) is 11.6. The lowest BCUT2D eigenvalue weighted by molar-refractivity contribution is 1.48. The van der Waals surface area contributed by atoms with Crippen LogP contribution in [0.5, 0.6) is 0 Å². The molecule has 0 N–H and O–H groups in total. The highest BCUT2D eigenvalue weighted by atomic mass is 35.5. The number of fused-ring (bicyclic) bond motifs is 2. The maximum atomic E-state index is 6.08. The molecule has 0 unspecified atom stereocenters. The lowest BCUT2D eigenvalue weighted by atomic mass is 9.41. The zero-order chi connectivity index (χ0) is 12.7. The molecule has 2 heteroatoms. The van der Waals surface area contributed by atoms with Crippen molar-refractivity contribution < 1.29 is 0 Å². The highest BCUT2D eigenvalue weighted by Gasteiger charge is 2.20. The largest absolute Gasteiger partial charge is 0.207 e. The molecule has 18 heavy (non-hydrogen) atoms. The molecule has 1 aliphatic heterocycles. The molecule has 0 saturated carbocycles. The average molecular weight is 253 g/mol. The number of hydrogen-bond acceptors (Lipinski definition) is 0. The lowest BCUT2D eigenvalue weighted by Crippen LogP contribution is -2.41. The molecule has 0 atom stereocenters. The van der Waals surface area contributed by atoms with Gasteiger partial charge in [0.2, 0.25) is 6.71 Å². The van der Waals surface area contributed by atoms with E-state index in [0.717, 1.165) is 5.02 Å². The quantitative estimate of drug-likeness (QED) is 0.631. The van der Waals surface area contributed by atoms with Crippen molar-refractivity contribution >= 4 is 41.4 Å². The molecule has 2 aromatic rings. The predicted molar refractivity (Wildman–Crippen MR) is 82.4 cm³/mol. The SMILES string of the molecule is CB1c2ccc(C)cc2C=Cc2cc(Cl)ccc21. The van der Waals surface area contributed by atoms with Gasteiger partial charge in [-0.3, -0.25) is 0 Å². The van der Waals surface area contributed by atoms with E-state index in [-0.39, 0.29) is 0 Å². The molecule has 0 spiro atoms. The molecule has 0 amide bonds. The van der Waals surface area contributed by atoms with Crippen LogP contribution in [0.2, 0.25) is 11.8 Å². The Balaban J connectivity index is 2.23.